The van der Waals surface area contributed by atoms with E-state index in [1.807, 2.05) is 0 Å². The highest BCUT2D eigenvalue weighted by molar-refractivity contribution is 6.60. The van der Waals surface area contributed by atoms with Crippen LogP contribution in [0.3, 0.4) is 0 Å². The number of ether oxygens (including phenoxy) is 1. The van der Waals surface area contributed by atoms with Gasteiger partial charge in [-0.05, 0) is 18.3 Å². The van der Waals surface area contributed by atoms with Gasteiger partial charge in [-0.3, -0.25) is 4.79 Å². The summed E-state index contributed by atoms with van der Waals surface area (Å²) in [6.45, 7) is 10.6. The molecule has 0 aliphatic carbocycles. The van der Waals surface area contributed by atoms with Crippen LogP contribution >= 0.6 is 0 Å². The van der Waals surface area contributed by atoms with Crippen molar-refractivity contribution in [2.75, 3.05) is 27.6 Å². The van der Waals surface area contributed by atoms with Gasteiger partial charge in [0.1, 0.15) is 0 Å². The van der Waals surface area contributed by atoms with E-state index in [4.69, 9.17) is 18.0 Å². The van der Waals surface area contributed by atoms with Crippen molar-refractivity contribution in [1.82, 2.24) is 0 Å². The molecule has 0 unspecified atom stereocenters. The second-order valence-electron chi connectivity index (χ2n) is 5.90. The van der Waals surface area contributed by atoms with Gasteiger partial charge < -0.3 is 18.0 Å². The van der Waals surface area contributed by atoms with Gasteiger partial charge >= 0.3 is 14.8 Å². The third-order valence-corrected chi connectivity index (χ3v) is 6.08. The molecule has 0 heterocycles. The van der Waals surface area contributed by atoms with Crippen molar-refractivity contribution in [2.24, 2.45) is 5.41 Å². The Morgan fingerprint density at radius 2 is 1.62 bits per heavy atom. The SMILES string of the molecule is C=C(CCC(=O)OC[Si](OC)(OC)OC)CC(C)(C)CC. The first kappa shape index (κ1) is 20.3. The molecule has 0 radical (unpaired) electrons. The van der Waals surface area contributed by atoms with E-state index in [-0.39, 0.29) is 17.6 Å². The Morgan fingerprint density at radius 3 is 2.05 bits per heavy atom. The van der Waals surface area contributed by atoms with E-state index in [0.29, 0.717) is 12.8 Å². The van der Waals surface area contributed by atoms with E-state index in [9.17, 15) is 4.79 Å². The molecule has 0 aliphatic rings. The lowest BCUT2D eigenvalue weighted by atomic mass is 9.82. The Balaban J connectivity index is 4.14. The van der Waals surface area contributed by atoms with Gasteiger partial charge in [-0.1, -0.05) is 39.3 Å². The van der Waals surface area contributed by atoms with Gasteiger partial charge in [-0.2, -0.15) is 0 Å². The molecule has 0 saturated carbocycles. The van der Waals surface area contributed by atoms with Crippen molar-refractivity contribution in [3.05, 3.63) is 12.2 Å². The van der Waals surface area contributed by atoms with E-state index in [2.05, 4.69) is 27.4 Å². The average Bonchev–Trinajstić information content (AvgIpc) is 2.46. The molecule has 5 nitrogen and oxygen atoms in total. The largest absolute Gasteiger partial charge is 0.539 e. The fraction of sp³-hybridized carbons (Fsp3) is 0.800. The first-order chi connectivity index (χ1) is 9.74. The van der Waals surface area contributed by atoms with E-state index in [1.54, 1.807) is 0 Å². The lowest BCUT2D eigenvalue weighted by Gasteiger charge is -2.24. The van der Waals surface area contributed by atoms with Crippen molar-refractivity contribution in [3.63, 3.8) is 0 Å². The van der Waals surface area contributed by atoms with Gasteiger partial charge in [0, 0.05) is 27.8 Å². The highest BCUT2D eigenvalue weighted by Gasteiger charge is 2.40. The van der Waals surface area contributed by atoms with Gasteiger partial charge in [0.15, 0.2) is 6.23 Å². The van der Waals surface area contributed by atoms with E-state index < -0.39 is 8.80 Å². The summed E-state index contributed by atoms with van der Waals surface area (Å²) in [5.74, 6) is -0.284. The van der Waals surface area contributed by atoms with Gasteiger partial charge in [-0.25, -0.2) is 0 Å². The van der Waals surface area contributed by atoms with Crippen LogP contribution in [-0.2, 0) is 22.8 Å². The first-order valence-corrected chi connectivity index (χ1v) is 9.15. The maximum absolute atomic E-state index is 11.8. The summed E-state index contributed by atoms with van der Waals surface area (Å²) >= 11 is 0. The average molecular weight is 318 g/mol. The zero-order valence-corrected chi connectivity index (χ0v) is 15.3. The molecule has 0 spiro atoms. The number of hydrogen-bond acceptors (Lipinski definition) is 5. The van der Waals surface area contributed by atoms with Crippen LogP contribution in [0.15, 0.2) is 12.2 Å². The van der Waals surface area contributed by atoms with Crippen molar-refractivity contribution in [2.45, 2.75) is 46.5 Å². The van der Waals surface area contributed by atoms with Gasteiger partial charge in [0.05, 0.1) is 0 Å². The van der Waals surface area contributed by atoms with Crippen LogP contribution in [0.5, 0.6) is 0 Å². The van der Waals surface area contributed by atoms with Crippen LogP contribution in [-0.4, -0.2) is 42.3 Å². The molecule has 0 aromatic rings. The van der Waals surface area contributed by atoms with Crippen LogP contribution < -0.4 is 0 Å². The summed E-state index contributed by atoms with van der Waals surface area (Å²) < 4.78 is 20.8. The molecule has 0 saturated heterocycles. The smallest absolute Gasteiger partial charge is 0.461 e. The third-order valence-electron chi connectivity index (χ3n) is 3.71. The van der Waals surface area contributed by atoms with Gasteiger partial charge in [-0.15, -0.1) is 0 Å². The molecule has 0 rings (SSSR count). The third kappa shape index (κ3) is 7.76. The Labute approximate surface area is 130 Å². The molecule has 0 aromatic carbocycles. The van der Waals surface area contributed by atoms with E-state index in [0.717, 1.165) is 18.4 Å². The minimum atomic E-state index is -2.85. The first-order valence-electron chi connectivity index (χ1n) is 7.22. The lowest BCUT2D eigenvalue weighted by molar-refractivity contribution is -0.143. The number of esters is 1. The van der Waals surface area contributed by atoms with E-state index in [1.165, 1.54) is 21.3 Å². The zero-order valence-electron chi connectivity index (χ0n) is 14.3. The highest BCUT2D eigenvalue weighted by atomic mass is 28.4. The molecular weight excluding hydrogens is 288 g/mol. The summed E-state index contributed by atoms with van der Waals surface area (Å²) in [6, 6.07) is 0. The topological polar surface area (TPSA) is 54.0 Å². The Hall–Kier alpha value is -0.693. The standard InChI is InChI=1S/C15H30O5Si/c1-8-15(3,4)11-13(2)9-10-14(16)20-12-21(17-5,18-6)19-7/h2,8-12H2,1,3-7H3. The lowest BCUT2D eigenvalue weighted by Crippen LogP contribution is -2.48. The number of rotatable bonds is 11. The fourth-order valence-electron chi connectivity index (χ4n) is 1.84. The predicted molar refractivity (Wildman–Crippen MR) is 84.8 cm³/mol. The molecule has 0 atom stereocenters. The molecule has 0 bridgehead atoms. The molecular formula is C15H30O5Si. The maximum Gasteiger partial charge on any atom is 0.539 e. The van der Waals surface area contributed by atoms with Crippen molar-refractivity contribution in [1.29, 1.82) is 0 Å². The van der Waals surface area contributed by atoms with Crippen molar-refractivity contribution < 1.29 is 22.8 Å². The Morgan fingerprint density at radius 1 is 1.10 bits per heavy atom. The Bertz CT molecular complexity index is 329. The molecule has 124 valence electrons. The van der Waals surface area contributed by atoms with Crippen LogP contribution in [0.2, 0.25) is 0 Å². The summed E-state index contributed by atoms with van der Waals surface area (Å²) in [6.07, 6.45) is 3.00. The Kier molecular flexibility index (Phi) is 9.04. The number of allylic oxidation sites excluding steroid dienone is 1. The molecule has 0 aliphatic heterocycles. The van der Waals surface area contributed by atoms with E-state index >= 15 is 0 Å². The second kappa shape index (κ2) is 9.35. The molecule has 0 N–H and O–H groups in total. The quantitative estimate of drug-likeness (QED) is 0.333. The maximum atomic E-state index is 11.8. The molecule has 6 heteroatoms. The summed E-state index contributed by atoms with van der Waals surface area (Å²) in [5.41, 5.74) is 1.30. The molecule has 0 fully saturated rings. The number of hydrogen-bond donors (Lipinski definition) is 0. The predicted octanol–water partition coefficient (Wildman–Crippen LogP) is 3.11. The van der Waals surface area contributed by atoms with Crippen LogP contribution in [0.25, 0.3) is 0 Å². The summed E-state index contributed by atoms with van der Waals surface area (Å²) in [7, 11) is 1.62. The van der Waals surface area contributed by atoms with Crippen LogP contribution in [0.1, 0.15) is 46.5 Å². The minimum Gasteiger partial charge on any atom is -0.461 e. The summed E-state index contributed by atoms with van der Waals surface area (Å²) in [5, 5.41) is 0. The van der Waals surface area contributed by atoms with Crippen LogP contribution in [0, 0.1) is 5.41 Å². The van der Waals surface area contributed by atoms with Gasteiger partial charge in [0.25, 0.3) is 0 Å². The molecule has 0 amide bonds. The second-order valence-corrected chi connectivity index (χ2v) is 8.78. The van der Waals surface area contributed by atoms with Crippen LogP contribution in [0.4, 0.5) is 0 Å². The number of carbonyl (C=O) groups is 1. The molecule has 0 aromatic heterocycles. The fourth-order valence-corrected chi connectivity index (χ4v) is 3.03. The van der Waals surface area contributed by atoms with Gasteiger partial charge in [0.2, 0.25) is 0 Å². The monoisotopic (exact) mass is 318 g/mol. The van der Waals surface area contributed by atoms with Crippen molar-refractivity contribution >= 4 is 14.8 Å². The minimum absolute atomic E-state index is 0.0300. The highest BCUT2D eigenvalue weighted by Crippen LogP contribution is 2.29. The normalized spacial score (nSPS) is 12.3. The molecule has 21 heavy (non-hydrogen) atoms. The zero-order chi connectivity index (χ0) is 16.5. The summed E-state index contributed by atoms with van der Waals surface area (Å²) in [4.78, 5) is 11.8. The number of carbonyl (C=O) groups excluding carboxylic acids is 1. The van der Waals surface area contributed by atoms with Crippen molar-refractivity contribution in [3.8, 4) is 0 Å².